The molecule has 0 unspecified atom stereocenters. The molecule has 1 heterocycles. The van der Waals surface area contributed by atoms with E-state index in [4.69, 9.17) is 4.74 Å². The predicted molar refractivity (Wildman–Crippen MR) is 98.6 cm³/mol. The van der Waals surface area contributed by atoms with Crippen LogP contribution in [0.5, 0.6) is 5.75 Å². The van der Waals surface area contributed by atoms with Crippen molar-refractivity contribution in [3.05, 3.63) is 72.3 Å². The molecule has 0 amide bonds. The molecule has 0 saturated heterocycles. The fraction of sp³-hybridized carbons (Fsp3) is 0.100. The summed E-state index contributed by atoms with van der Waals surface area (Å²) in [4.78, 5) is 15.1. The molecule has 134 valence electrons. The largest absolute Gasteiger partial charge is 1.00 e. The zero-order chi connectivity index (χ0) is 18.5. The van der Waals surface area contributed by atoms with Crippen LogP contribution in [-0.2, 0) is 0 Å². The van der Waals surface area contributed by atoms with E-state index >= 15 is 0 Å². The second-order valence-corrected chi connectivity index (χ2v) is 5.51. The Balaban J connectivity index is 0.00000196. The van der Waals surface area contributed by atoms with Gasteiger partial charge in [-0.1, -0.05) is 18.2 Å². The van der Waals surface area contributed by atoms with Gasteiger partial charge in [-0.15, -0.1) is 0 Å². The third-order valence-corrected chi connectivity index (χ3v) is 3.77. The molecule has 2 aromatic carbocycles. The normalized spacial score (nSPS) is 10.0. The van der Waals surface area contributed by atoms with Crippen LogP contribution in [-0.4, -0.2) is 22.7 Å². The number of hydrogen-bond acceptors (Lipinski definition) is 4. The van der Waals surface area contributed by atoms with Gasteiger partial charge in [-0.05, 0) is 48.4 Å². The monoisotopic (exact) mass is 360 g/mol. The number of anilines is 2. The molecule has 0 fully saturated rings. The first kappa shape index (κ1) is 20.5. The van der Waals surface area contributed by atoms with Crippen molar-refractivity contribution < 1.29 is 39.3 Å². The van der Waals surface area contributed by atoms with Crippen LogP contribution in [0.25, 0.3) is 11.1 Å². The van der Waals surface area contributed by atoms with Gasteiger partial charge in [0.1, 0.15) is 11.6 Å². The number of nitrogens with one attached hydrogen (secondary N) is 1. The SMILES string of the molecule is CCOc1cccc(-c2ccc(Nc3cnccc3C(=O)O)c(F)c2)c1.[H-].[Li+]. The molecule has 0 radical (unpaired) electrons. The van der Waals surface area contributed by atoms with Crippen molar-refractivity contribution in [2.24, 2.45) is 0 Å². The molecule has 0 atom stereocenters. The Morgan fingerprint density at radius 3 is 2.67 bits per heavy atom. The van der Waals surface area contributed by atoms with Crippen LogP contribution < -0.4 is 28.9 Å². The molecule has 0 aliphatic carbocycles. The van der Waals surface area contributed by atoms with E-state index in [9.17, 15) is 14.3 Å². The fourth-order valence-electron chi connectivity index (χ4n) is 2.55. The number of carboxylic acid groups (broad SMARTS) is 1. The number of pyridine rings is 1. The Bertz CT molecular complexity index is 956. The molecule has 3 rings (SSSR count). The van der Waals surface area contributed by atoms with Crippen molar-refractivity contribution >= 4 is 17.3 Å². The van der Waals surface area contributed by atoms with Gasteiger partial charge < -0.3 is 16.6 Å². The van der Waals surface area contributed by atoms with Gasteiger partial charge in [0.2, 0.25) is 0 Å². The van der Waals surface area contributed by atoms with Gasteiger partial charge in [-0.2, -0.15) is 0 Å². The van der Waals surface area contributed by atoms with Crippen molar-refractivity contribution in [1.82, 2.24) is 4.98 Å². The van der Waals surface area contributed by atoms with Crippen LogP contribution in [0.2, 0.25) is 0 Å². The third kappa shape index (κ3) is 4.88. The topological polar surface area (TPSA) is 71.5 Å². The number of hydrogen-bond donors (Lipinski definition) is 2. The van der Waals surface area contributed by atoms with Gasteiger partial charge in [0.05, 0.1) is 29.7 Å². The minimum absolute atomic E-state index is 0. The molecule has 0 aliphatic rings. The van der Waals surface area contributed by atoms with Gasteiger partial charge in [0, 0.05) is 6.20 Å². The third-order valence-electron chi connectivity index (χ3n) is 3.77. The van der Waals surface area contributed by atoms with E-state index in [1.807, 2.05) is 31.2 Å². The van der Waals surface area contributed by atoms with Crippen LogP contribution in [0.15, 0.2) is 60.9 Å². The number of carbonyl (C=O) groups is 1. The first-order chi connectivity index (χ1) is 12.6. The van der Waals surface area contributed by atoms with E-state index in [0.29, 0.717) is 17.9 Å². The number of benzene rings is 2. The van der Waals surface area contributed by atoms with Crippen molar-refractivity contribution in [3.63, 3.8) is 0 Å². The Hall–Kier alpha value is -2.81. The Kier molecular flexibility index (Phi) is 7.00. The summed E-state index contributed by atoms with van der Waals surface area (Å²) in [6.45, 7) is 2.45. The average molecular weight is 360 g/mol. The van der Waals surface area contributed by atoms with Crippen LogP contribution in [0.1, 0.15) is 18.7 Å². The van der Waals surface area contributed by atoms with Gasteiger partial charge >= 0.3 is 24.8 Å². The molecule has 7 heteroatoms. The van der Waals surface area contributed by atoms with E-state index in [0.717, 1.165) is 5.56 Å². The van der Waals surface area contributed by atoms with E-state index in [1.165, 1.54) is 24.5 Å². The van der Waals surface area contributed by atoms with E-state index < -0.39 is 11.8 Å². The molecule has 2 N–H and O–H groups in total. The quantitative estimate of drug-likeness (QED) is 0.657. The zero-order valence-electron chi connectivity index (χ0n) is 16.1. The molecule has 0 spiro atoms. The number of carboxylic acids is 1. The number of ether oxygens (including phenoxy) is 1. The molecule has 0 aliphatic heterocycles. The molecule has 0 bridgehead atoms. The number of aromatic nitrogens is 1. The Morgan fingerprint density at radius 1 is 1.19 bits per heavy atom. The van der Waals surface area contributed by atoms with E-state index in [2.05, 4.69) is 10.3 Å². The Labute approximate surface area is 169 Å². The summed E-state index contributed by atoms with van der Waals surface area (Å²) >= 11 is 0. The summed E-state index contributed by atoms with van der Waals surface area (Å²) in [7, 11) is 0. The number of nitrogens with zero attached hydrogens (tertiary/aromatic N) is 1. The van der Waals surface area contributed by atoms with Gasteiger partial charge in [-0.25, -0.2) is 9.18 Å². The molecule has 5 nitrogen and oxygen atoms in total. The fourth-order valence-corrected chi connectivity index (χ4v) is 2.55. The summed E-state index contributed by atoms with van der Waals surface area (Å²) in [5, 5.41) is 12.0. The number of rotatable bonds is 6. The smallest absolute Gasteiger partial charge is 1.00 e. The minimum Gasteiger partial charge on any atom is -1.00 e. The minimum atomic E-state index is -1.11. The van der Waals surface area contributed by atoms with Crippen molar-refractivity contribution in [2.45, 2.75) is 6.92 Å². The molecule has 1 aromatic heterocycles. The predicted octanol–water partition coefficient (Wildman–Crippen LogP) is 1.84. The van der Waals surface area contributed by atoms with E-state index in [-0.39, 0.29) is 37.2 Å². The second-order valence-electron chi connectivity index (χ2n) is 5.51. The average Bonchev–Trinajstić information content (AvgIpc) is 2.64. The summed E-state index contributed by atoms with van der Waals surface area (Å²) in [5.41, 5.74) is 1.94. The maximum absolute atomic E-state index is 14.5. The summed E-state index contributed by atoms with van der Waals surface area (Å²) in [6.07, 6.45) is 2.72. The number of halogens is 1. The molecule has 27 heavy (non-hydrogen) atoms. The van der Waals surface area contributed by atoms with Crippen molar-refractivity contribution in [3.8, 4) is 16.9 Å². The standard InChI is InChI=1S/C20H17FN2O3.Li.H/c1-2-26-15-5-3-4-13(10-15)14-6-7-18(17(21)11-14)23-19-12-22-9-8-16(19)20(24)25;;/h3-12,23H,2H2,1H3,(H,24,25);;/q;+1;-1. The second kappa shape index (κ2) is 9.22. The van der Waals surface area contributed by atoms with Crippen molar-refractivity contribution in [1.29, 1.82) is 0 Å². The first-order valence-electron chi connectivity index (χ1n) is 8.05. The van der Waals surface area contributed by atoms with E-state index in [1.54, 1.807) is 12.1 Å². The Morgan fingerprint density at radius 2 is 1.96 bits per heavy atom. The van der Waals surface area contributed by atoms with Crippen LogP contribution in [0, 0.1) is 5.82 Å². The van der Waals surface area contributed by atoms with Crippen LogP contribution in [0.4, 0.5) is 15.8 Å². The van der Waals surface area contributed by atoms with Gasteiger partial charge in [0.25, 0.3) is 0 Å². The molecule has 0 saturated carbocycles. The summed E-state index contributed by atoms with van der Waals surface area (Å²) in [6, 6.07) is 13.5. The van der Waals surface area contributed by atoms with Crippen molar-refractivity contribution in [2.75, 3.05) is 11.9 Å². The van der Waals surface area contributed by atoms with Gasteiger partial charge in [0.15, 0.2) is 0 Å². The molecular weight excluding hydrogens is 342 g/mol. The van der Waals surface area contributed by atoms with Crippen LogP contribution >= 0.6 is 0 Å². The first-order valence-corrected chi connectivity index (χ1v) is 8.05. The summed E-state index contributed by atoms with van der Waals surface area (Å²) in [5.74, 6) is -0.891. The maximum atomic E-state index is 14.5. The number of aromatic carboxylic acids is 1. The van der Waals surface area contributed by atoms with Gasteiger partial charge in [-0.3, -0.25) is 4.98 Å². The molecular formula is C20H18FLiN2O3. The summed E-state index contributed by atoms with van der Waals surface area (Å²) < 4.78 is 20.0. The van der Waals surface area contributed by atoms with Crippen LogP contribution in [0.3, 0.4) is 0 Å². The zero-order valence-corrected chi connectivity index (χ0v) is 15.1. The molecule has 3 aromatic rings. The maximum Gasteiger partial charge on any atom is 1.00 e.